The maximum Gasteiger partial charge on any atom is 0.253 e. The number of hydrogen-bond donors (Lipinski definition) is 2. The van der Waals surface area contributed by atoms with Crippen LogP contribution in [0.3, 0.4) is 0 Å². The molecule has 160 valence electrons. The van der Waals surface area contributed by atoms with Crippen LogP contribution in [0.4, 0.5) is 11.4 Å². The summed E-state index contributed by atoms with van der Waals surface area (Å²) < 4.78 is 10.5. The average Bonchev–Trinajstić information content (AvgIpc) is 2.78. The number of nitrogens with one attached hydrogen (secondary N) is 2. The van der Waals surface area contributed by atoms with Crippen molar-refractivity contribution >= 4 is 23.2 Å². The summed E-state index contributed by atoms with van der Waals surface area (Å²) in [5.74, 6) is 0.534. The highest BCUT2D eigenvalue weighted by Gasteiger charge is 2.18. The average molecular weight is 412 g/mol. The lowest BCUT2D eigenvalue weighted by atomic mass is 10.1. The summed E-state index contributed by atoms with van der Waals surface area (Å²) in [5.41, 5.74) is 2.04. The van der Waals surface area contributed by atoms with Crippen molar-refractivity contribution in [3.05, 3.63) is 54.1 Å². The van der Waals surface area contributed by atoms with Crippen molar-refractivity contribution in [2.45, 2.75) is 19.3 Å². The molecule has 7 heteroatoms. The van der Waals surface area contributed by atoms with Gasteiger partial charge >= 0.3 is 0 Å². The molecule has 1 fully saturated rings. The van der Waals surface area contributed by atoms with Gasteiger partial charge in [0.15, 0.2) is 0 Å². The number of methoxy groups -OCH3 is 1. The predicted molar refractivity (Wildman–Crippen MR) is 117 cm³/mol. The molecule has 0 bridgehead atoms. The minimum Gasteiger partial charge on any atom is -0.491 e. The molecule has 30 heavy (non-hydrogen) atoms. The van der Waals surface area contributed by atoms with E-state index in [0.717, 1.165) is 31.6 Å². The van der Waals surface area contributed by atoms with E-state index in [2.05, 4.69) is 10.6 Å². The van der Waals surface area contributed by atoms with Crippen LogP contribution in [-0.4, -0.2) is 56.7 Å². The van der Waals surface area contributed by atoms with E-state index in [0.29, 0.717) is 30.2 Å². The van der Waals surface area contributed by atoms with Crippen molar-refractivity contribution in [2.75, 3.05) is 50.6 Å². The lowest BCUT2D eigenvalue weighted by Crippen LogP contribution is -2.35. The van der Waals surface area contributed by atoms with Crippen LogP contribution in [0.15, 0.2) is 48.5 Å². The summed E-state index contributed by atoms with van der Waals surface area (Å²) in [7, 11) is 1.62. The van der Waals surface area contributed by atoms with E-state index in [1.54, 1.807) is 25.3 Å². The number of anilines is 2. The first-order valence-corrected chi connectivity index (χ1v) is 10.3. The van der Waals surface area contributed by atoms with Gasteiger partial charge in [0.25, 0.3) is 5.91 Å². The predicted octanol–water partition coefficient (Wildman–Crippen LogP) is 3.39. The number of rotatable bonds is 9. The van der Waals surface area contributed by atoms with Crippen molar-refractivity contribution < 1.29 is 19.1 Å². The quantitative estimate of drug-likeness (QED) is 0.619. The van der Waals surface area contributed by atoms with Gasteiger partial charge in [-0.2, -0.15) is 0 Å². The van der Waals surface area contributed by atoms with Crippen LogP contribution in [0, 0.1) is 0 Å². The first kappa shape index (κ1) is 21.6. The number of carbonyl (C=O) groups excluding carboxylic acids is 2. The van der Waals surface area contributed by atoms with E-state index >= 15 is 0 Å². The van der Waals surface area contributed by atoms with E-state index in [1.807, 2.05) is 35.2 Å². The van der Waals surface area contributed by atoms with Crippen LogP contribution < -0.4 is 15.4 Å². The number of piperidine rings is 1. The Balaban J connectivity index is 1.51. The summed E-state index contributed by atoms with van der Waals surface area (Å²) in [5, 5.41) is 5.93. The molecule has 1 aliphatic heterocycles. The molecule has 2 aromatic carbocycles. The number of benzene rings is 2. The summed E-state index contributed by atoms with van der Waals surface area (Å²) in [6.07, 6.45) is 3.30. The second-order valence-corrected chi connectivity index (χ2v) is 7.20. The van der Waals surface area contributed by atoms with Crippen LogP contribution in [-0.2, 0) is 9.53 Å². The molecular weight excluding hydrogens is 382 g/mol. The largest absolute Gasteiger partial charge is 0.491 e. The molecule has 7 nitrogen and oxygen atoms in total. The molecular formula is C23H29N3O4. The molecule has 0 unspecified atom stereocenters. The fourth-order valence-electron chi connectivity index (χ4n) is 3.34. The second-order valence-electron chi connectivity index (χ2n) is 7.20. The topological polar surface area (TPSA) is 79.9 Å². The number of likely N-dealkylation sites (tertiary alicyclic amines) is 1. The molecule has 2 N–H and O–H groups in total. The summed E-state index contributed by atoms with van der Waals surface area (Å²) in [6, 6.07) is 14.5. The molecule has 0 aliphatic carbocycles. The van der Waals surface area contributed by atoms with Gasteiger partial charge in [0, 0.05) is 43.2 Å². The minimum atomic E-state index is -0.184. The van der Waals surface area contributed by atoms with Crippen molar-refractivity contribution in [3.63, 3.8) is 0 Å². The van der Waals surface area contributed by atoms with Gasteiger partial charge in [0.2, 0.25) is 5.91 Å². The fourth-order valence-corrected chi connectivity index (χ4v) is 3.34. The number of amides is 2. The number of nitrogens with zero attached hydrogens (tertiary/aromatic N) is 1. The van der Waals surface area contributed by atoms with Gasteiger partial charge in [-0.3, -0.25) is 9.59 Å². The van der Waals surface area contributed by atoms with Crippen molar-refractivity contribution in [1.82, 2.24) is 4.90 Å². The molecule has 0 atom stereocenters. The second kappa shape index (κ2) is 11.2. The summed E-state index contributed by atoms with van der Waals surface area (Å²) in [6.45, 7) is 2.66. The van der Waals surface area contributed by atoms with Crippen LogP contribution in [0.5, 0.6) is 5.75 Å². The fraction of sp³-hybridized carbons (Fsp3) is 0.391. The molecule has 0 saturated carbocycles. The van der Waals surface area contributed by atoms with Gasteiger partial charge in [0.05, 0.1) is 13.2 Å². The minimum absolute atomic E-state index is 0.0492. The van der Waals surface area contributed by atoms with E-state index in [-0.39, 0.29) is 18.4 Å². The third kappa shape index (κ3) is 6.49. The van der Waals surface area contributed by atoms with Crippen molar-refractivity contribution in [3.8, 4) is 5.75 Å². The van der Waals surface area contributed by atoms with Crippen LogP contribution in [0.25, 0.3) is 0 Å². The Hall–Kier alpha value is -3.06. The first-order valence-electron chi connectivity index (χ1n) is 10.3. The molecule has 0 aromatic heterocycles. The lowest BCUT2D eigenvalue weighted by molar-refractivity contribution is -0.114. The van der Waals surface area contributed by atoms with E-state index < -0.39 is 0 Å². The van der Waals surface area contributed by atoms with Crippen LogP contribution in [0.1, 0.15) is 29.6 Å². The van der Waals surface area contributed by atoms with Gasteiger partial charge in [-0.05, 0) is 49.6 Å². The molecule has 1 aliphatic rings. The summed E-state index contributed by atoms with van der Waals surface area (Å²) in [4.78, 5) is 26.9. The number of carbonyl (C=O) groups is 2. The lowest BCUT2D eigenvalue weighted by Gasteiger charge is -2.26. The Morgan fingerprint density at radius 3 is 2.53 bits per heavy atom. The van der Waals surface area contributed by atoms with E-state index in [9.17, 15) is 9.59 Å². The maximum atomic E-state index is 12.7. The van der Waals surface area contributed by atoms with Gasteiger partial charge in [0.1, 0.15) is 12.4 Å². The molecule has 1 heterocycles. The molecule has 2 aromatic rings. The SMILES string of the molecule is COCCOc1cccc(NC(=O)CNc2cccc(C(=O)N3CCCCC3)c2)c1. The number of ether oxygens (including phenoxy) is 2. The van der Waals surface area contributed by atoms with E-state index in [1.165, 1.54) is 6.42 Å². The molecule has 1 saturated heterocycles. The highest BCUT2D eigenvalue weighted by Crippen LogP contribution is 2.18. The number of hydrogen-bond acceptors (Lipinski definition) is 5. The van der Waals surface area contributed by atoms with Crippen molar-refractivity contribution in [1.29, 1.82) is 0 Å². The Kier molecular flexibility index (Phi) is 8.09. The standard InChI is InChI=1S/C23H29N3O4/c1-29-13-14-30-21-10-6-9-20(16-21)25-22(27)17-24-19-8-5-7-18(15-19)23(28)26-11-3-2-4-12-26/h5-10,15-16,24H,2-4,11-14,17H2,1H3,(H,25,27). The van der Waals surface area contributed by atoms with E-state index in [4.69, 9.17) is 9.47 Å². The van der Waals surface area contributed by atoms with Gasteiger partial charge in [-0.1, -0.05) is 12.1 Å². The zero-order valence-electron chi connectivity index (χ0n) is 17.4. The van der Waals surface area contributed by atoms with Gasteiger partial charge < -0.3 is 25.0 Å². The smallest absolute Gasteiger partial charge is 0.253 e. The normalized spacial score (nSPS) is 13.6. The van der Waals surface area contributed by atoms with Crippen LogP contribution >= 0.6 is 0 Å². The maximum absolute atomic E-state index is 12.7. The third-order valence-corrected chi connectivity index (χ3v) is 4.88. The Bertz CT molecular complexity index is 850. The van der Waals surface area contributed by atoms with Crippen molar-refractivity contribution in [2.24, 2.45) is 0 Å². The first-order chi connectivity index (χ1) is 14.7. The Morgan fingerprint density at radius 1 is 0.967 bits per heavy atom. The highest BCUT2D eigenvalue weighted by atomic mass is 16.5. The molecule has 2 amide bonds. The van der Waals surface area contributed by atoms with Gasteiger partial charge in [-0.25, -0.2) is 0 Å². The Morgan fingerprint density at radius 2 is 1.73 bits per heavy atom. The third-order valence-electron chi connectivity index (χ3n) is 4.88. The highest BCUT2D eigenvalue weighted by molar-refractivity contribution is 5.96. The van der Waals surface area contributed by atoms with Crippen LogP contribution in [0.2, 0.25) is 0 Å². The summed E-state index contributed by atoms with van der Waals surface area (Å²) >= 11 is 0. The monoisotopic (exact) mass is 411 g/mol. The Labute approximate surface area is 177 Å². The molecule has 0 spiro atoms. The van der Waals surface area contributed by atoms with Gasteiger partial charge in [-0.15, -0.1) is 0 Å². The molecule has 3 rings (SSSR count). The zero-order chi connectivity index (χ0) is 21.2. The zero-order valence-corrected chi connectivity index (χ0v) is 17.4. The molecule has 0 radical (unpaired) electrons.